The van der Waals surface area contributed by atoms with Crippen LogP contribution in [0.3, 0.4) is 0 Å². The summed E-state index contributed by atoms with van der Waals surface area (Å²) in [6, 6.07) is 43.4. The summed E-state index contributed by atoms with van der Waals surface area (Å²) < 4.78 is 20.0. The molecular weight excluding hydrogens is 1620 g/mol. The number of hydrogen-bond donors (Lipinski definition) is 6. The smallest absolute Gasteiger partial charge is 0.141 e. The zero-order valence-corrected chi connectivity index (χ0v) is 75.4. The Balaban J connectivity index is 0.000000103. The third-order valence-corrected chi connectivity index (χ3v) is 30.7. The van der Waals surface area contributed by atoms with Crippen LogP contribution in [0.1, 0.15) is 233 Å². The number of imidazole rings is 4. The number of likely N-dealkylation sites (N-methyl/N-ethyl adjacent to an activating group) is 2. The second kappa shape index (κ2) is 34.8. The van der Waals surface area contributed by atoms with E-state index in [0.29, 0.717) is 22.2 Å². The first-order valence-electron chi connectivity index (χ1n) is 46.7. The number of nitrogens with zero attached hydrogens (tertiary/aromatic N) is 18. The van der Waals surface area contributed by atoms with Gasteiger partial charge in [0.1, 0.15) is 67.7 Å². The predicted octanol–water partition coefficient (Wildman–Crippen LogP) is 15.5. The zero-order chi connectivity index (χ0) is 85.4. The fraction of sp³-hybridized carbons (Fsp3) is 0.510. The zero-order valence-electron chi connectivity index (χ0n) is 73.9. The Morgan fingerprint density at radius 2 is 0.690 bits per heavy atom. The van der Waals surface area contributed by atoms with Crippen LogP contribution >= 0.6 is 23.2 Å². The first-order chi connectivity index (χ1) is 61.6. The van der Waals surface area contributed by atoms with Crippen LogP contribution in [0.5, 0.6) is 11.5 Å². The fourth-order valence-electron chi connectivity index (χ4n) is 22.0. The van der Waals surface area contributed by atoms with Crippen LogP contribution in [0.2, 0.25) is 10.3 Å². The first kappa shape index (κ1) is 83.3. The van der Waals surface area contributed by atoms with E-state index in [9.17, 15) is 0 Å². The number of nitrogens with one attached hydrogen (secondary N) is 6. The van der Waals surface area contributed by atoms with E-state index in [1.54, 1.807) is 14.2 Å². The molecule has 660 valence electrons. The fourth-order valence-corrected chi connectivity index (χ4v) is 22.7. The van der Waals surface area contributed by atoms with Gasteiger partial charge in [-0.25, -0.2) is 19.9 Å². The van der Waals surface area contributed by atoms with Gasteiger partial charge in [0.25, 0.3) is 0 Å². The Bertz CT molecular complexity index is 5910. The highest BCUT2D eigenvalue weighted by atomic mass is 35.5. The van der Waals surface area contributed by atoms with Gasteiger partial charge in [0, 0.05) is 138 Å². The van der Waals surface area contributed by atoms with Gasteiger partial charge in [0.2, 0.25) is 0 Å². The van der Waals surface area contributed by atoms with Crippen LogP contribution in [0.25, 0.3) is 22.6 Å². The molecule has 8 saturated heterocycles. The molecule has 8 atom stereocenters. The lowest BCUT2D eigenvalue weighted by molar-refractivity contribution is 0.198. The molecule has 12 aliphatic rings. The number of piperidine rings is 4. The Morgan fingerprint density at radius 1 is 0.349 bits per heavy atom. The van der Waals surface area contributed by atoms with Crippen molar-refractivity contribution in [1.82, 2.24) is 99.2 Å². The maximum atomic E-state index is 7.06. The molecule has 4 spiro atoms. The molecule has 8 aliphatic heterocycles. The Kier molecular flexibility index (Phi) is 23.0. The van der Waals surface area contributed by atoms with Gasteiger partial charge in [-0.3, -0.25) is 47.3 Å². The Morgan fingerprint density at radius 3 is 1.09 bits per heavy atom. The predicted molar refractivity (Wildman–Crippen MR) is 498 cm³/mol. The molecule has 4 aliphatic carbocycles. The van der Waals surface area contributed by atoms with Crippen molar-refractivity contribution < 1.29 is 9.47 Å². The number of rotatable bonds is 14. The van der Waals surface area contributed by atoms with Gasteiger partial charge in [-0.1, -0.05) is 59.6 Å². The number of pyridine rings is 8. The molecule has 24 rings (SSSR count). The highest BCUT2D eigenvalue weighted by molar-refractivity contribution is 6.31. The number of ether oxygens (including phenoxy) is 2. The minimum absolute atomic E-state index is 0.137. The molecule has 28 heteroatoms. The maximum absolute atomic E-state index is 7.06. The largest absolute Gasteiger partial charge is 0.495 e. The van der Waals surface area contributed by atoms with Gasteiger partial charge >= 0.3 is 0 Å². The van der Waals surface area contributed by atoms with Gasteiger partial charge < -0.3 is 61.0 Å². The molecule has 0 aromatic carbocycles. The van der Waals surface area contributed by atoms with E-state index in [4.69, 9.17) is 52.6 Å². The van der Waals surface area contributed by atoms with Crippen LogP contribution in [-0.4, -0.2) is 196 Å². The molecule has 12 aromatic rings. The molecule has 4 saturated carbocycles. The van der Waals surface area contributed by atoms with Crippen molar-refractivity contribution in [3.05, 3.63) is 225 Å². The van der Waals surface area contributed by atoms with E-state index >= 15 is 0 Å². The number of aryl methyl sites for hydroxylation is 2. The highest BCUT2D eigenvalue weighted by Crippen LogP contribution is 2.49. The van der Waals surface area contributed by atoms with Gasteiger partial charge in [0.15, 0.2) is 0 Å². The van der Waals surface area contributed by atoms with E-state index < -0.39 is 0 Å². The van der Waals surface area contributed by atoms with Gasteiger partial charge in [-0.15, -0.1) is 0 Å². The van der Waals surface area contributed by atoms with Crippen LogP contribution < -0.4 is 61.0 Å². The third-order valence-electron chi connectivity index (χ3n) is 30.0. The van der Waals surface area contributed by atoms with Crippen molar-refractivity contribution in [3.63, 3.8) is 0 Å². The summed E-state index contributed by atoms with van der Waals surface area (Å²) in [5.74, 6) is 6.54. The quantitative estimate of drug-likeness (QED) is 0.0594. The number of hydrogen-bond acceptors (Lipinski definition) is 22. The molecule has 0 bridgehead atoms. The number of aromatic nitrogens is 12. The van der Waals surface area contributed by atoms with Crippen molar-refractivity contribution >= 4 is 69.1 Å². The third kappa shape index (κ3) is 16.5. The minimum Gasteiger partial charge on any atom is -0.495 e. The SMILES string of the molecule is COc1cccnc1[C@@H]1CCC[C@H](c2cn3c(N4CCN(C)C5(CC5)C4)cccc3n2)N1.COc1cccnc1[C@@H]1CCC[C@H](c2cn3c(N4CCNC5(CC5)C4)cccc3n2)N1.Cc1cccnc1[C@@H]1CCC[C@H](c2nc3cccc(N4CCN(C)C5(CC5)C4)n3c2Cl)N1.Cc1cccnc1[C@@H]1CCC[C@H](c2nc3cccc(N4CCNC5(CC5)C4)n3c2Cl)N1. The molecular formula is C98H122Cl2N24O2. The van der Waals surface area contributed by atoms with Crippen molar-refractivity contribution in [2.75, 3.05) is 126 Å². The van der Waals surface area contributed by atoms with E-state index in [1.165, 1.54) is 79.9 Å². The van der Waals surface area contributed by atoms with Crippen molar-refractivity contribution in [2.45, 2.75) is 213 Å². The lowest BCUT2D eigenvalue weighted by atomic mass is 9.93. The summed E-state index contributed by atoms with van der Waals surface area (Å²) in [6.07, 6.45) is 35.4. The van der Waals surface area contributed by atoms with E-state index in [0.717, 1.165) is 251 Å². The molecule has 0 unspecified atom stereocenters. The summed E-state index contributed by atoms with van der Waals surface area (Å²) >= 11 is 14.1. The molecule has 0 amide bonds. The average Bonchev–Trinajstić information content (AvgIpc) is 1.59. The number of fused-ring (bicyclic) bond motifs is 4. The number of methoxy groups -OCH3 is 2. The Labute approximate surface area is 749 Å². The number of anilines is 4. The van der Waals surface area contributed by atoms with Crippen LogP contribution in [-0.2, 0) is 0 Å². The molecule has 26 nitrogen and oxygen atoms in total. The minimum atomic E-state index is 0.137. The molecule has 6 N–H and O–H groups in total. The van der Waals surface area contributed by atoms with Gasteiger partial charge in [-0.2, -0.15) is 0 Å². The van der Waals surface area contributed by atoms with E-state index in [1.807, 2.05) is 61.2 Å². The highest BCUT2D eigenvalue weighted by Gasteiger charge is 2.52. The maximum Gasteiger partial charge on any atom is 0.141 e. The average molecular weight is 1740 g/mol. The summed E-state index contributed by atoms with van der Waals surface area (Å²) in [5.41, 5.74) is 16.2. The van der Waals surface area contributed by atoms with Gasteiger partial charge in [-0.05, 0) is 252 Å². The molecule has 12 fully saturated rings. The summed E-state index contributed by atoms with van der Waals surface area (Å²) in [6.45, 7) is 17.0. The second-order valence-corrected chi connectivity index (χ2v) is 38.8. The molecule has 12 aromatic heterocycles. The van der Waals surface area contributed by atoms with Crippen LogP contribution in [0, 0.1) is 13.8 Å². The normalized spacial score (nSPS) is 25.3. The van der Waals surface area contributed by atoms with E-state index in [-0.39, 0.29) is 48.3 Å². The monoisotopic (exact) mass is 1740 g/mol. The standard InChI is InChI=1S/C25H31ClN6.C25H32N6O.C24H29ClN6.C24H30N6O/c1-17-6-5-13-27-22(17)18-7-3-8-19(28-18)23-24(26)32-20(29-23)9-4-10-21(32)31-15-14-30(2)25(16-31)11-12-25;1-29-14-15-30(17-25(29)11-12-25)23-10-4-9-22-28-20(16-31(22)23)18-6-3-7-19(27-18)24-21(32-2)8-5-13-26-24;1-16-5-4-12-26-21(16)17-6-2-7-18(28-17)22-23(25)31-19(29-22)8-3-9-20(31)30-14-13-27-24(15-30)10-11-24;1-31-20-7-4-12-25-23(20)18-6-2-5-17(27-18)19-15-30-21(28-19)8-3-9-22(30)29-14-13-26-24(16-29)10-11-24/h4-6,9-10,13,18-19,28H,3,7-8,11-12,14-16H2,1-2H3;4-5,8-10,13,16,18-19,27H,3,6-7,11-12,14-15,17H2,1-2H3;3-5,8-9,12,17-18,27-28H,2,6-7,10-11,13-15H2,1H3;3-4,7-9,12,15,17-18,26-27H,2,5-6,10-11,13-14,16H2,1H3/t2*18-,19+;2*17-,18+/m0101/s1. The lowest BCUT2D eigenvalue weighted by Crippen LogP contribution is -2.53. The summed E-state index contributed by atoms with van der Waals surface area (Å²) in [4.78, 5) is 53.8. The summed E-state index contributed by atoms with van der Waals surface area (Å²) in [5, 5.41) is 24.1. The van der Waals surface area contributed by atoms with Crippen molar-refractivity contribution in [2.24, 2.45) is 0 Å². The lowest BCUT2D eigenvalue weighted by Gasteiger charge is -2.41. The molecule has 20 heterocycles. The van der Waals surface area contributed by atoms with Crippen LogP contribution in [0.15, 0.2) is 159 Å². The topological polar surface area (TPSA) is 231 Å². The summed E-state index contributed by atoms with van der Waals surface area (Å²) in [7, 11) is 7.98. The van der Waals surface area contributed by atoms with Crippen molar-refractivity contribution in [1.29, 1.82) is 0 Å². The second-order valence-electron chi connectivity index (χ2n) is 38.1. The first-order valence-corrected chi connectivity index (χ1v) is 47.4. The van der Waals surface area contributed by atoms with Gasteiger partial charge in [0.05, 0.1) is 108 Å². The molecule has 126 heavy (non-hydrogen) atoms. The van der Waals surface area contributed by atoms with Crippen LogP contribution in [0.4, 0.5) is 23.3 Å². The number of piperazine rings is 4. The van der Waals surface area contributed by atoms with E-state index in [2.05, 4.69) is 224 Å². The number of halogens is 2. The van der Waals surface area contributed by atoms with Crippen molar-refractivity contribution in [3.8, 4) is 11.5 Å². The Hall–Kier alpha value is -9.58. The molecule has 0 radical (unpaired) electrons.